The quantitative estimate of drug-likeness (QED) is 0.476. The first-order chi connectivity index (χ1) is 17.4. The van der Waals surface area contributed by atoms with Gasteiger partial charge in [-0.1, -0.05) is 0 Å². The molecule has 1 N–H and O–H groups in total. The number of hydrogen-bond donors (Lipinski definition) is 1. The van der Waals surface area contributed by atoms with Gasteiger partial charge < -0.3 is 5.32 Å². The average molecular weight is 544 g/mol. The van der Waals surface area contributed by atoms with Gasteiger partial charge in [-0.15, -0.1) is 0 Å². The number of carbonyl (C=O) groups excluding carboxylic acids is 1. The van der Waals surface area contributed by atoms with Crippen LogP contribution in [0.15, 0.2) is 59.8 Å². The SMILES string of the molecule is O=C(NCc1cc(F)cc(-c2cnc(C(F)(F)F)nc2)c1)[C@@H]1[C@@H](F)CCN1S(=O)(=O)c1ccc(F)cc1. The van der Waals surface area contributed by atoms with Crippen molar-refractivity contribution in [3.8, 4) is 11.1 Å². The maximum atomic E-state index is 14.6. The van der Waals surface area contributed by atoms with Crippen molar-refractivity contribution < 1.29 is 39.6 Å². The van der Waals surface area contributed by atoms with Gasteiger partial charge >= 0.3 is 6.18 Å². The van der Waals surface area contributed by atoms with Crippen LogP contribution >= 0.6 is 0 Å². The van der Waals surface area contributed by atoms with Crippen molar-refractivity contribution in [1.82, 2.24) is 19.6 Å². The summed E-state index contributed by atoms with van der Waals surface area (Å²) in [6.45, 7) is -0.615. The second-order valence-corrected chi connectivity index (χ2v) is 10.1. The maximum Gasteiger partial charge on any atom is 0.451 e. The van der Waals surface area contributed by atoms with Crippen LogP contribution in [0.2, 0.25) is 0 Å². The Morgan fingerprint density at radius 2 is 1.65 bits per heavy atom. The molecule has 14 heteroatoms. The van der Waals surface area contributed by atoms with Crippen molar-refractivity contribution in [2.24, 2.45) is 0 Å². The van der Waals surface area contributed by atoms with Crippen molar-refractivity contribution in [3.63, 3.8) is 0 Å². The van der Waals surface area contributed by atoms with Gasteiger partial charge in [0.2, 0.25) is 21.8 Å². The molecule has 1 saturated heterocycles. The summed E-state index contributed by atoms with van der Waals surface area (Å²) < 4.78 is 107. The number of carbonyl (C=O) groups is 1. The lowest BCUT2D eigenvalue weighted by molar-refractivity contribution is -0.145. The van der Waals surface area contributed by atoms with Crippen LogP contribution in [0.5, 0.6) is 0 Å². The Hall–Kier alpha value is -3.52. The summed E-state index contributed by atoms with van der Waals surface area (Å²) in [5, 5.41) is 2.38. The Morgan fingerprint density at radius 3 is 2.27 bits per heavy atom. The normalized spacial score (nSPS) is 18.6. The van der Waals surface area contributed by atoms with E-state index in [-0.39, 0.29) is 41.1 Å². The molecule has 7 nitrogen and oxygen atoms in total. The van der Waals surface area contributed by atoms with E-state index in [4.69, 9.17) is 0 Å². The number of rotatable bonds is 6. The van der Waals surface area contributed by atoms with Crippen molar-refractivity contribution in [2.75, 3.05) is 6.54 Å². The molecule has 3 aromatic rings. The minimum absolute atomic E-state index is 0.0799. The third kappa shape index (κ3) is 5.74. The number of nitrogens with zero attached hydrogens (tertiary/aromatic N) is 3. The average Bonchev–Trinajstić information content (AvgIpc) is 3.24. The monoisotopic (exact) mass is 544 g/mol. The number of sulfonamides is 1. The van der Waals surface area contributed by atoms with Gasteiger partial charge in [-0.3, -0.25) is 4.79 Å². The minimum Gasteiger partial charge on any atom is -0.351 e. The molecule has 37 heavy (non-hydrogen) atoms. The summed E-state index contributed by atoms with van der Waals surface area (Å²) in [5.41, 5.74) is 0.378. The van der Waals surface area contributed by atoms with E-state index in [0.29, 0.717) is 4.31 Å². The summed E-state index contributed by atoms with van der Waals surface area (Å²) >= 11 is 0. The fourth-order valence-corrected chi connectivity index (χ4v) is 5.49. The van der Waals surface area contributed by atoms with Gasteiger partial charge in [0.25, 0.3) is 0 Å². The highest BCUT2D eigenvalue weighted by atomic mass is 32.2. The van der Waals surface area contributed by atoms with Gasteiger partial charge in [0.05, 0.1) is 4.90 Å². The smallest absolute Gasteiger partial charge is 0.351 e. The Morgan fingerprint density at radius 1 is 1.00 bits per heavy atom. The second kappa shape index (κ2) is 10.1. The molecule has 0 aliphatic carbocycles. The van der Waals surface area contributed by atoms with Gasteiger partial charge in [-0.05, 0) is 60.0 Å². The fourth-order valence-electron chi connectivity index (χ4n) is 3.87. The zero-order valence-electron chi connectivity index (χ0n) is 18.7. The van der Waals surface area contributed by atoms with Crippen molar-refractivity contribution in [2.45, 2.75) is 36.3 Å². The lowest BCUT2D eigenvalue weighted by Crippen LogP contribution is -2.49. The van der Waals surface area contributed by atoms with Gasteiger partial charge in [0.15, 0.2) is 0 Å². The van der Waals surface area contributed by atoms with Gasteiger partial charge in [0.1, 0.15) is 23.8 Å². The van der Waals surface area contributed by atoms with E-state index in [0.717, 1.165) is 48.8 Å². The first kappa shape index (κ1) is 26.5. The summed E-state index contributed by atoms with van der Waals surface area (Å²) in [7, 11) is -4.32. The topological polar surface area (TPSA) is 92.3 Å². The Bertz CT molecular complexity index is 1400. The highest BCUT2D eigenvalue weighted by Gasteiger charge is 2.46. The van der Waals surface area contributed by atoms with Crippen LogP contribution in [0.3, 0.4) is 0 Å². The zero-order valence-corrected chi connectivity index (χ0v) is 19.5. The van der Waals surface area contributed by atoms with Gasteiger partial charge in [-0.25, -0.2) is 31.6 Å². The molecule has 0 bridgehead atoms. The largest absolute Gasteiger partial charge is 0.451 e. The molecule has 1 amide bonds. The zero-order chi connectivity index (χ0) is 27.0. The van der Waals surface area contributed by atoms with E-state index < -0.39 is 51.8 Å². The van der Waals surface area contributed by atoms with E-state index >= 15 is 0 Å². The van der Waals surface area contributed by atoms with E-state index in [9.17, 15) is 39.6 Å². The molecule has 1 aliphatic heterocycles. The lowest BCUT2D eigenvalue weighted by Gasteiger charge is -2.24. The maximum absolute atomic E-state index is 14.6. The number of alkyl halides is 4. The van der Waals surface area contributed by atoms with Crippen LogP contribution in [-0.4, -0.2) is 47.4 Å². The first-order valence-corrected chi connectivity index (χ1v) is 12.2. The predicted octanol–water partition coefficient (Wildman–Crippen LogP) is 3.86. The Balaban J connectivity index is 1.51. The molecule has 0 unspecified atom stereocenters. The molecule has 2 heterocycles. The highest BCUT2D eigenvalue weighted by Crippen LogP contribution is 2.30. The number of benzene rings is 2. The first-order valence-electron chi connectivity index (χ1n) is 10.7. The van der Waals surface area contributed by atoms with Crippen LogP contribution in [0.4, 0.5) is 26.3 Å². The minimum atomic E-state index is -4.75. The molecule has 1 aromatic heterocycles. The van der Waals surface area contributed by atoms with Gasteiger partial charge in [-0.2, -0.15) is 17.5 Å². The summed E-state index contributed by atoms with van der Waals surface area (Å²) in [6, 6.07) is 5.60. The molecule has 1 fully saturated rings. The fraction of sp³-hybridized carbons (Fsp3) is 0.261. The molecule has 4 rings (SSSR count). The van der Waals surface area contributed by atoms with E-state index in [1.807, 2.05) is 0 Å². The van der Waals surface area contributed by atoms with Crippen LogP contribution in [0, 0.1) is 11.6 Å². The number of aromatic nitrogens is 2. The molecule has 2 aromatic carbocycles. The van der Waals surface area contributed by atoms with E-state index in [1.54, 1.807) is 0 Å². The molecule has 196 valence electrons. The summed E-state index contributed by atoms with van der Waals surface area (Å²) in [4.78, 5) is 19.0. The third-order valence-electron chi connectivity index (χ3n) is 5.63. The van der Waals surface area contributed by atoms with Gasteiger partial charge in [0, 0.05) is 31.0 Å². The summed E-state index contributed by atoms with van der Waals surface area (Å²) in [5.74, 6) is -3.78. The molecule has 0 spiro atoms. The number of halogens is 6. The molecular weight excluding hydrogens is 526 g/mol. The molecule has 2 atom stereocenters. The van der Waals surface area contributed by atoms with E-state index in [1.165, 1.54) is 6.07 Å². The third-order valence-corrected chi connectivity index (χ3v) is 7.53. The number of nitrogens with one attached hydrogen (secondary N) is 1. The summed E-state index contributed by atoms with van der Waals surface area (Å²) in [6.07, 6.45) is -5.06. The lowest BCUT2D eigenvalue weighted by atomic mass is 10.1. The number of amides is 1. The van der Waals surface area contributed by atoms with Crippen molar-refractivity contribution in [3.05, 3.63) is 77.9 Å². The molecule has 0 radical (unpaired) electrons. The highest BCUT2D eigenvalue weighted by molar-refractivity contribution is 7.89. The molecular formula is C23H18F6N4O3S. The van der Waals surface area contributed by atoms with Crippen LogP contribution in [0.1, 0.15) is 17.8 Å². The van der Waals surface area contributed by atoms with Crippen molar-refractivity contribution in [1.29, 1.82) is 0 Å². The molecule has 0 saturated carbocycles. The van der Waals surface area contributed by atoms with E-state index in [2.05, 4.69) is 15.3 Å². The second-order valence-electron chi connectivity index (χ2n) is 8.18. The number of hydrogen-bond acceptors (Lipinski definition) is 5. The van der Waals surface area contributed by atoms with Crippen molar-refractivity contribution >= 4 is 15.9 Å². The predicted molar refractivity (Wildman–Crippen MR) is 118 cm³/mol. The van der Waals surface area contributed by atoms with Crippen LogP contribution in [-0.2, 0) is 27.5 Å². The molecule has 1 aliphatic rings. The standard InChI is InChI=1S/C23H18F6N4O3S/c24-16-1-3-18(4-2-16)37(35,36)33-6-5-19(26)20(33)21(34)30-10-13-7-14(9-17(25)8-13)15-11-31-22(32-12-15)23(27,28)29/h1-4,7-9,11-12,19-20H,5-6,10H2,(H,30,34)/t19-,20-/m0/s1. The van der Waals surface area contributed by atoms with Crippen LogP contribution < -0.4 is 5.32 Å². The Kier molecular flexibility index (Phi) is 7.24. The Labute approximate surface area is 207 Å². The van der Waals surface area contributed by atoms with Crippen LogP contribution in [0.25, 0.3) is 11.1 Å².